The number of aromatic nitrogens is 3. The molecule has 1 aliphatic heterocycles. The van der Waals surface area contributed by atoms with E-state index >= 15 is 0 Å². The second kappa shape index (κ2) is 8.45. The molecule has 3 heterocycles. The lowest BCUT2D eigenvalue weighted by atomic mass is 10.1. The van der Waals surface area contributed by atoms with Crippen molar-refractivity contribution < 1.29 is 14.3 Å². The summed E-state index contributed by atoms with van der Waals surface area (Å²) in [6.45, 7) is 9.96. The number of benzene rings is 1. The lowest BCUT2D eigenvalue weighted by Crippen LogP contribution is -2.36. The molecule has 31 heavy (non-hydrogen) atoms. The molecule has 1 saturated heterocycles. The van der Waals surface area contributed by atoms with Crippen LogP contribution in [0.25, 0.3) is 11.0 Å². The Bertz CT molecular complexity index is 1080. The predicted molar refractivity (Wildman–Crippen MR) is 120 cm³/mol. The molecule has 4 rings (SSSR count). The van der Waals surface area contributed by atoms with E-state index in [0.29, 0.717) is 42.1 Å². The van der Waals surface area contributed by atoms with Gasteiger partial charge in [-0.15, -0.1) is 0 Å². The number of aromatic amines is 2. The van der Waals surface area contributed by atoms with E-state index in [1.807, 2.05) is 43.0 Å². The molecule has 3 aromatic rings. The van der Waals surface area contributed by atoms with Crippen LogP contribution in [0.4, 0.5) is 5.95 Å². The summed E-state index contributed by atoms with van der Waals surface area (Å²) in [7, 11) is 0. The number of carbonyl (C=O) groups excluding carboxylic acids is 2. The third kappa shape index (κ3) is 4.15. The molecule has 0 unspecified atom stereocenters. The molecule has 0 bridgehead atoms. The van der Waals surface area contributed by atoms with Crippen LogP contribution in [-0.4, -0.2) is 64.0 Å². The summed E-state index contributed by atoms with van der Waals surface area (Å²) in [6.07, 6.45) is 0.624. The van der Waals surface area contributed by atoms with Crippen molar-refractivity contribution in [3.05, 3.63) is 46.8 Å². The number of carbonyl (C=O) groups is 2. The zero-order chi connectivity index (χ0) is 22.1. The van der Waals surface area contributed by atoms with Crippen molar-refractivity contribution in [2.45, 2.75) is 40.2 Å². The Kier molecular flexibility index (Phi) is 5.71. The molecule has 2 aromatic heterocycles. The summed E-state index contributed by atoms with van der Waals surface area (Å²) in [5.41, 5.74) is 4.17. The van der Waals surface area contributed by atoms with Crippen LogP contribution >= 0.6 is 0 Å². The van der Waals surface area contributed by atoms with Crippen LogP contribution in [0.15, 0.2) is 24.3 Å². The second-order valence-corrected chi connectivity index (χ2v) is 8.29. The summed E-state index contributed by atoms with van der Waals surface area (Å²) < 4.78 is 5.34. The smallest absolute Gasteiger partial charge is 0.340 e. The number of H-pyrrole nitrogens is 2. The zero-order valence-corrected chi connectivity index (χ0v) is 18.5. The van der Waals surface area contributed by atoms with E-state index in [4.69, 9.17) is 4.74 Å². The number of nitrogens with one attached hydrogen (secondary N) is 2. The monoisotopic (exact) mass is 423 g/mol. The van der Waals surface area contributed by atoms with Crippen molar-refractivity contribution in [1.82, 2.24) is 19.9 Å². The van der Waals surface area contributed by atoms with E-state index in [1.54, 1.807) is 13.8 Å². The fourth-order valence-corrected chi connectivity index (χ4v) is 4.12. The Balaban J connectivity index is 1.49. The van der Waals surface area contributed by atoms with Crippen molar-refractivity contribution in [2.75, 3.05) is 31.1 Å². The lowest BCUT2D eigenvalue weighted by molar-refractivity contribution is 0.0376. The molecule has 8 nitrogen and oxygen atoms in total. The van der Waals surface area contributed by atoms with Crippen LogP contribution in [0.5, 0.6) is 0 Å². The van der Waals surface area contributed by atoms with Gasteiger partial charge in [-0.3, -0.25) is 4.79 Å². The van der Waals surface area contributed by atoms with E-state index in [2.05, 4.69) is 19.9 Å². The van der Waals surface area contributed by atoms with E-state index in [1.165, 1.54) is 0 Å². The zero-order valence-electron chi connectivity index (χ0n) is 18.5. The van der Waals surface area contributed by atoms with Gasteiger partial charge in [0.2, 0.25) is 5.95 Å². The third-order valence-corrected chi connectivity index (χ3v) is 5.66. The molecule has 0 spiro atoms. The Labute approximate surface area is 181 Å². The number of imidazole rings is 1. The van der Waals surface area contributed by atoms with Crippen molar-refractivity contribution in [3.8, 4) is 0 Å². The Morgan fingerprint density at radius 2 is 1.84 bits per heavy atom. The standard InChI is InChI=1S/C23H29N5O3/c1-14(2)31-22(30)19-15(3)20(24-16(19)4)21(29)27-10-7-11-28(13-12-27)23-25-17-8-5-6-9-18(17)26-23/h5-6,8-9,14,24H,7,10-13H2,1-4H3,(H,25,26). The molecule has 0 radical (unpaired) electrons. The van der Waals surface area contributed by atoms with Gasteiger partial charge in [-0.25, -0.2) is 9.78 Å². The quantitative estimate of drug-likeness (QED) is 0.627. The number of esters is 1. The Morgan fingerprint density at radius 3 is 2.58 bits per heavy atom. The first-order valence-corrected chi connectivity index (χ1v) is 10.7. The number of fused-ring (bicyclic) bond motifs is 1. The van der Waals surface area contributed by atoms with E-state index < -0.39 is 5.97 Å². The molecule has 1 fully saturated rings. The average Bonchev–Trinajstić information content (AvgIpc) is 3.17. The molecule has 1 aromatic carbocycles. The number of amides is 1. The summed E-state index contributed by atoms with van der Waals surface area (Å²) in [6, 6.07) is 7.96. The molecule has 2 N–H and O–H groups in total. The Hall–Kier alpha value is -3.29. The van der Waals surface area contributed by atoms with Gasteiger partial charge >= 0.3 is 5.97 Å². The van der Waals surface area contributed by atoms with Crippen LogP contribution in [0.2, 0.25) is 0 Å². The fraction of sp³-hybridized carbons (Fsp3) is 0.435. The SMILES string of the molecule is Cc1[nH]c(C(=O)N2CCCN(c3nc4ccccc4[nH]3)CC2)c(C)c1C(=O)OC(C)C. The van der Waals surface area contributed by atoms with E-state index in [0.717, 1.165) is 29.9 Å². The molecular formula is C23H29N5O3. The first kappa shape index (κ1) is 21.0. The number of anilines is 1. The van der Waals surface area contributed by atoms with E-state index in [-0.39, 0.29) is 12.0 Å². The third-order valence-electron chi connectivity index (χ3n) is 5.66. The number of hydrogen-bond donors (Lipinski definition) is 2. The summed E-state index contributed by atoms with van der Waals surface area (Å²) in [4.78, 5) is 40.9. The minimum atomic E-state index is -0.396. The van der Waals surface area contributed by atoms with Crippen LogP contribution in [-0.2, 0) is 4.74 Å². The number of rotatable bonds is 4. The van der Waals surface area contributed by atoms with Crippen molar-refractivity contribution in [3.63, 3.8) is 0 Å². The molecular weight excluding hydrogens is 394 g/mol. The first-order chi connectivity index (χ1) is 14.8. The maximum Gasteiger partial charge on any atom is 0.340 e. The highest BCUT2D eigenvalue weighted by molar-refractivity contribution is 6.00. The van der Waals surface area contributed by atoms with Gasteiger partial charge in [-0.2, -0.15) is 0 Å². The highest BCUT2D eigenvalue weighted by Gasteiger charge is 2.28. The van der Waals surface area contributed by atoms with Crippen molar-refractivity contribution >= 4 is 28.9 Å². The van der Waals surface area contributed by atoms with Crippen LogP contribution in [0, 0.1) is 13.8 Å². The predicted octanol–water partition coefficient (Wildman–Crippen LogP) is 3.43. The van der Waals surface area contributed by atoms with Gasteiger partial charge in [0.25, 0.3) is 5.91 Å². The number of aryl methyl sites for hydroxylation is 1. The van der Waals surface area contributed by atoms with Crippen LogP contribution in [0.3, 0.4) is 0 Å². The molecule has 0 atom stereocenters. The molecule has 1 amide bonds. The molecule has 0 aliphatic carbocycles. The van der Waals surface area contributed by atoms with Gasteiger partial charge in [0.1, 0.15) is 5.69 Å². The number of nitrogens with zero attached hydrogens (tertiary/aromatic N) is 3. The number of hydrogen-bond acceptors (Lipinski definition) is 5. The van der Waals surface area contributed by atoms with Crippen LogP contribution < -0.4 is 4.90 Å². The van der Waals surface area contributed by atoms with Gasteiger partial charge in [0.05, 0.1) is 22.7 Å². The molecule has 1 aliphatic rings. The van der Waals surface area contributed by atoms with Gasteiger partial charge < -0.3 is 24.5 Å². The fourth-order valence-electron chi connectivity index (χ4n) is 4.12. The minimum absolute atomic E-state index is 0.0874. The van der Waals surface area contributed by atoms with Crippen molar-refractivity contribution in [2.24, 2.45) is 0 Å². The highest BCUT2D eigenvalue weighted by atomic mass is 16.5. The molecule has 164 valence electrons. The topological polar surface area (TPSA) is 94.3 Å². The normalized spacial score (nSPS) is 14.9. The summed E-state index contributed by atoms with van der Waals surface area (Å²) in [5, 5.41) is 0. The summed E-state index contributed by atoms with van der Waals surface area (Å²) in [5.74, 6) is 0.351. The Morgan fingerprint density at radius 1 is 1.06 bits per heavy atom. The minimum Gasteiger partial charge on any atom is -0.459 e. The van der Waals surface area contributed by atoms with Crippen molar-refractivity contribution in [1.29, 1.82) is 0 Å². The molecule has 8 heteroatoms. The lowest BCUT2D eigenvalue weighted by Gasteiger charge is -2.21. The summed E-state index contributed by atoms with van der Waals surface area (Å²) >= 11 is 0. The molecule has 0 saturated carbocycles. The van der Waals surface area contributed by atoms with Gasteiger partial charge in [0, 0.05) is 31.9 Å². The van der Waals surface area contributed by atoms with E-state index in [9.17, 15) is 9.59 Å². The largest absolute Gasteiger partial charge is 0.459 e. The maximum atomic E-state index is 13.3. The second-order valence-electron chi connectivity index (χ2n) is 8.29. The van der Waals surface area contributed by atoms with Gasteiger partial charge in [0.15, 0.2) is 0 Å². The van der Waals surface area contributed by atoms with Gasteiger partial charge in [-0.05, 0) is 51.8 Å². The number of ether oxygens (including phenoxy) is 1. The van der Waals surface area contributed by atoms with Crippen LogP contribution in [0.1, 0.15) is 52.4 Å². The highest BCUT2D eigenvalue weighted by Crippen LogP contribution is 2.23. The van der Waals surface area contributed by atoms with Gasteiger partial charge in [-0.1, -0.05) is 12.1 Å². The average molecular weight is 424 g/mol. The first-order valence-electron chi connectivity index (χ1n) is 10.7. The maximum absolute atomic E-state index is 13.3. The number of para-hydroxylation sites is 2.